The molecule has 1 amide bonds. The van der Waals surface area contributed by atoms with E-state index in [4.69, 9.17) is 11.0 Å². The molecule has 0 aliphatic carbocycles. The van der Waals surface area contributed by atoms with Gasteiger partial charge in [0.05, 0.1) is 11.9 Å². The first-order valence-electron chi connectivity index (χ1n) is 6.64. The highest BCUT2D eigenvalue weighted by Crippen LogP contribution is 2.21. The molecule has 6 nitrogen and oxygen atoms in total. The Morgan fingerprint density at radius 1 is 1.62 bits per heavy atom. The molecule has 2 aromatic rings. The van der Waals surface area contributed by atoms with Crippen LogP contribution >= 0.6 is 0 Å². The normalized spacial score (nSPS) is 11.6. The van der Waals surface area contributed by atoms with Crippen LogP contribution in [-0.2, 0) is 11.2 Å². The van der Waals surface area contributed by atoms with E-state index in [1.165, 1.54) is 6.08 Å². The number of pyridine rings is 1. The zero-order chi connectivity index (χ0) is 15.4. The van der Waals surface area contributed by atoms with Crippen molar-refractivity contribution in [1.82, 2.24) is 9.97 Å². The van der Waals surface area contributed by atoms with Gasteiger partial charge in [-0.15, -0.1) is 0 Å². The van der Waals surface area contributed by atoms with Crippen LogP contribution in [0.2, 0.25) is 0 Å². The van der Waals surface area contributed by atoms with Crippen molar-refractivity contribution in [2.45, 2.75) is 26.3 Å². The third kappa shape index (κ3) is 3.39. The highest BCUT2D eigenvalue weighted by molar-refractivity contribution is 5.96. The van der Waals surface area contributed by atoms with Crippen molar-refractivity contribution < 1.29 is 4.79 Å². The number of nitrogens with one attached hydrogen (secondary N) is 2. The third-order valence-corrected chi connectivity index (χ3v) is 2.98. The topological polar surface area (TPSA) is 108 Å². The third-order valence-electron chi connectivity index (χ3n) is 2.98. The highest BCUT2D eigenvalue weighted by Gasteiger charge is 2.08. The van der Waals surface area contributed by atoms with E-state index in [0.29, 0.717) is 12.5 Å². The zero-order valence-electron chi connectivity index (χ0n) is 12.0. The molecule has 4 N–H and O–H groups in total. The Morgan fingerprint density at radius 2 is 2.38 bits per heavy atom. The minimum Gasteiger partial charge on any atom is -0.382 e. The molecule has 2 aromatic heterocycles. The number of carbonyl (C=O) groups is 1. The molecule has 2 rings (SSSR count). The average Bonchev–Trinajstić information content (AvgIpc) is 2.81. The van der Waals surface area contributed by atoms with E-state index in [2.05, 4.69) is 29.1 Å². The molecular formula is C15H17N5O. The lowest BCUT2D eigenvalue weighted by Crippen LogP contribution is -2.12. The summed E-state index contributed by atoms with van der Waals surface area (Å²) in [4.78, 5) is 18.4. The van der Waals surface area contributed by atoms with Crippen molar-refractivity contribution in [3.63, 3.8) is 0 Å². The van der Waals surface area contributed by atoms with E-state index in [9.17, 15) is 4.79 Å². The predicted octanol–water partition coefficient (Wildman–Crippen LogP) is 1.86. The Labute approximate surface area is 122 Å². The van der Waals surface area contributed by atoms with E-state index < -0.39 is 5.91 Å². The number of nitrogens with zero attached hydrogens (tertiary/aromatic N) is 2. The van der Waals surface area contributed by atoms with Crippen LogP contribution in [0.25, 0.3) is 11.0 Å². The molecule has 21 heavy (non-hydrogen) atoms. The Balaban J connectivity index is 2.32. The monoisotopic (exact) mass is 283 g/mol. The quantitative estimate of drug-likeness (QED) is 0.575. The summed E-state index contributed by atoms with van der Waals surface area (Å²) in [6.45, 7) is 4.11. The molecule has 108 valence electrons. The van der Waals surface area contributed by atoms with Crippen molar-refractivity contribution >= 4 is 22.6 Å². The Morgan fingerprint density at radius 3 is 3.00 bits per heavy atom. The van der Waals surface area contributed by atoms with Crippen molar-refractivity contribution in [2.24, 2.45) is 5.73 Å². The van der Waals surface area contributed by atoms with Gasteiger partial charge in [0.2, 0.25) is 0 Å². The zero-order valence-corrected chi connectivity index (χ0v) is 12.0. The first-order chi connectivity index (χ1) is 10.0. The minimum absolute atomic E-state index is 0.0335. The van der Waals surface area contributed by atoms with Gasteiger partial charge in [-0.25, -0.2) is 4.98 Å². The van der Waals surface area contributed by atoms with Gasteiger partial charge in [0.1, 0.15) is 17.3 Å². The summed E-state index contributed by atoms with van der Waals surface area (Å²) < 4.78 is 0. The van der Waals surface area contributed by atoms with Gasteiger partial charge in [-0.1, -0.05) is 6.08 Å². The Bertz CT molecular complexity index is 736. The largest absolute Gasteiger partial charge is 0.382 e. The van der Waals surface area contributed by atoms with E-state index in [-0.39, 0.29) is 5.57 Å². The fourth-order valence-corrected chi connectivity index (χ4v) is 2.05. The van der Waals surface area contributed by atoms with Crippen molar-refractivity contribution in [1.29, 1.82) is 5.26 Å². The fraction of sp³-hybridized carbons (Fsp3) is 0.267. The number of fused-ring (bicyclic) bond motifs is 1. The maximum atomic E-state index is 11.0. The number of aromatic nitrogens is 2. The SMILES string of the molecule is CC(C)Nc1cnc2[nH]cc(CC=C(C#N)C(N)=O)c2c1. The van der Waals surface area contributed by atoms with Crippen LogP contribution in [0, 0.1) is 11.3 Å². The molecule has 0 fully saturated rings. The minimum atomic E-state index is -0.711. The van der Waals surface area contributed by atoms with Gasteiger partial charge in [0.25, 0.3) is 5.91 Å². The Kier molecular flexibility index (Phi) is 4.24. The number of carbonyl (C=O) groups excluding carboxylic acids is 1. The number of aromatic amines is 1. The summed E-state index contributed by atoms with van der Waals surface area (Å²) in [6.07, 6.45) is 5.57. The molecule has 0 aliphatic heterocycles. The second-order valence-corrected chi connectivity index (χ2v) is 5.03. The second kappa shape index (κ2) is 6.09. The number of anilines is 1. The van der Waals surface area contributed by atoms with Crippen LogP contribution in [-0.4, -0.2) is 21.9 Å². The number of hydrogen-bond donors (Lipinski definition) is 3. The molecule has 0 aliphatic rings. The van der Waals surface area contributed by atoms with Crippen LogP contribution in [0.3, 0.4) is 0 Å². The van der Waals surface area contributed by atoms with Crippen LogP contribution in [0.1, 0.15) is 19.4 Å². The summed E-state index contributed by atoms with van der Waals surface area (Å²) >= 11 is 0. The number of nitriles is 1. The number of rotatable bonds is 5. The number of allylic oxidation sites excluding steroid dienone is 1. The van der Waals surface area contributed by atoms with Crippen molar-refractivity contribution in [3.8, 4) is 6.07 Å². The van der Waals surface area contributed by atoms with Gasteiger partial charge < -0.3 is 16.0 Å². The summed E-state index contributed by atoms with van der Waals surface area (Å²) in [5.41, 5.74) is 7.74. The molecule has 0 radical (unpaired) electrons. The standard InChI is InChI=1S/C15H17N5O/c1-9(2)20-12-5-13-11(7-18-15(13)19-8-12)4-3-10(6-16)14(17)21/h3,5,7-9,20H,4H2,1-2H3,(H2,17,21)(H,18,19). The molecule has 0 spiro atoms. The van der Waals surface area contributed by atoms with Crippen molar-refractivity contribution in [2.75, 3.05) is 5.32 Å². The molecule has 0 saturated heterocycles. The van der Waals surface area contributed by atoms with E-state index in [0.717, 1.165) is 22.3 Å². The maximum absolute atomic E-state index is 11.0. The van der Waals surface area contributed by atoms with E-state index in [1.807, 2.05) is 12.3 Å². The molecule has 0 atom stereocenters. The number of primary amides is 1. The molecule has 0 saturated carbocycles. The summed E-state index contributed by atoms with van der Waals surface area (Å²) in [6, 6.07) is 4.11. The average molecular weight is 283 g/mol. The lowest BCUT2D eigenvalue weighted by Gasteiger charge is -2.09. The van der Waals surface area contributed by atoms with Gasteiger partial charge in [-0.05, 0) is 31.9 Å². The van der Waals surface area contributed by atoms with Crippen LogP contribution in [0.15, 0.2) is 30.1 Å². The van der Waals surface area contributed by atoms with Gasteiger partial charge in [0, 0.05) is 17.6 Å². The number of hydrogen-bond acceptors (Lipinski definition) is 4. The second-order valence-electron chi connectivity index (χ2n) is 5.03. The van der Waals surface area contributed by atoms with Gasteiger partial charge in [0.15, 0.2) is 0 Å². The van der Waals surface area contributed by atoms with Gasteiger partial charge in [-0.2, -0.15) is 5.26 Å². The smallest absolute Gasteiger partial charge is 0.259 e. The Hall–Kier alpha value is -2.81. The lowest BCUT2D eigenvalue weighted by atomic mass is 10.1. The molecule has 6 heteroatoms. The fourth-order valence-electron chi connectivity index (χ4n) is 2.05. The van der Waals surface area contributed by atoms with E-state index >= 15 is 0 Å². The first-order valence-corrected chi connectivity index (χ1v) is 6.64. The first kappa shape index (κ1) is 14.6. The summed E-state index contributed by atoms with van der Waals surface area (Å²) in [5.74, 6) is -0.711. The van der Waals surface area contributed by atoms with Crippen LogP contribution in [0.4, 0.5) is 5.69 Å². The van der Waals surface area contributed by atoms with Crippen LogP contribution < -0.4 is 11.1 Å². The molecular weight excluding hydrogens is 266 g/mol. The lowest BCUT2D eigenvalue weighted by molar-refractivity contribution is -0.114. The van der Waals surface area contributed by atoms with E-state index in [1.54, 1.807) is 12.3 Å². The van der Waals surface area contributed by atoms with Crippen LogP contribution in [0.5, 0.6) is 0 Å². The number of nitrogens with two attached hydrogens (primary N) is 1. The van der Waals surface area contributed by atoms with Gasteiger partial charge in [-0.3, -0.25) is 4.79 Å². The molecule has 0 unspecified atom stereocenters. The molecule has 0 bridgehead atoms. The number of H-pyrrole nitrogens is 1. The highest BCUT2D eigenvalue weighted by atomic mass is 16.1. The van der Waals surface area contributed by atoms with Crippen molar-refractivity contribution in [3.05, 3.63) is 35.7 Å². The summed E-state index contributed by atoms with van der Waals surface area (Å²) in [5, 5.41) is 13.1. The summed E-state index contributed by atoms with van der Waals surface area (Å²) in [7, 11) is 0. The predicted molar refractivity (Wildman–Crippen MR) is 81.4 cm³/mol. The van der Waals surface area contributed by atoms with Gasteiger partial charge >= 0.3 is 0 Å². The molecule has 2 heterocycles. The number of amides is 1. The molecule has 0 aromatic carbocycles. The maximum Gasteiger partial charge on any atom is 0.259 e.